The number of likely N-dealkylation sites (N-methyl/N-ethyl adjacent to an activating group) is 1. The summed E-state index contributed by atoms with van der Waals surface area (Å²) in [4.78, 5) is 26.4. The summed E-state index contributed by atoms with van der Waals surface area (Å²) in [5.41, 5.74) is 0.841. The molecule has 0 bridgehead atoms. The van der Waals surface area contributed by atoms with Crippen LogP contribution in [0.15, 0.2) is 24.3 Å². The number of nitrogens with zero attached hydrogens (tertiary/aromatic N) is 1. The number of thiophene rings is 1. The molecule has 2 heterocycles. The maximum atomic E-state index is 12.3. The van der Waals surface area contributed by atoms with Crippen LogP contribution in [0.4, 0.5) is 0 Å². The lowest BCUT2D eigenvalue weighted by molar-refractivity contribution is -0.134. The number of carbonyl (C=O) groups is 2. The van der Waals surface area contributed by atoms with Crippen molar-refractivity contribution in [1.29, 1.82) is 0 Å². The van der Waals surface area contributed by atoms with Gasteiger partial charge in [-0.3, -0.25) is 4.79 Å². The second kappa shape index (κ2) is 6.76. The number of ether oxygens (including phenoxy) is 1. The quantitative estimate of drug-likeness (QED) is 0.757. The number of sulfone groups is 1. The molecule has 1 atom stereocenters. The number of hydrogen-bond acceptors (Lipinski definition) is 6. The second-order valence-corrected chi connectivity index (χ2v) is 9.47. The van der Waals surface area contributed by atoms with Crippen molar-refractivity contribution >= 4 is 43.1 Å². The van der Waals surface area contributed by atoms with E-state index in [0.717, 1.165) is 15.6 Å². The van der Waals surface area contributed by atoms with Crippen molar-refractivity contribution in [1.82, 2.24) is 4.90 Å². The fourth-order valence-electron chi connectivity index (χ4n) is 2.95. The van der Waals surface area contributed by atoms with Crippen LogP contribution in [0.1, 0.15) is 21.7 Å². The molecule has 1 amide bonds. The number of fused-ring (bicyclic) bond motifs is 1. The number of esters is 1. The molecular formula is C17H19NO5S2. The molecule has 8 heteroatoms. The summed E-state index contributed by atoms with van der Waals surface area (Å²) in [5.74, 6) is -0.858. The SMILES string of the molecule is Cc1c(C(=O)OCC(=O)N(C)[C@@H]2CCS(=O)(=O)C2)sc2ccccc12. The molecule has 0 saturated carbocycles. The van der Waals surface area contributed by atoms with E-state index in [-0.39, 0.29) is 24.2 Å². The predicted molar refractivity (Wildman–Crippen MR) is 96.7 cm³/mol. The molecule has 1 aliphatic heterocycles. The van der Waals surface area contributed by atoms with E-state index in [1.165, 1.54) is 16.2 Å². The van der Waals surface area contributed by atoms with Crippen molar-refractivity contribution in [3.63, 3.8) is 0 Å². The lowest BCUT2D eigenvalue weighted by atomic mass is 10.1. The number of amides is 1. The minimum Gasteiger partial charge on any atom is -0.451 e. The third-order valence-corrected chi connectivity index (χ3v) is 7.51. The van der Waals surface area contributed by atoms with Gasteiger partial charge in [0, 0.05) is 17.8 Å². The Balaban J connectivity index is 1.63. The van der Waals surface area contributed by atoms with Crippen LogP contribution < -0.4 is 0 Å². The average Bonchev–Trinajstić information content (AvgIpc) is 3.12. The molecule has 1 aromatic heterocycles. The van der Waals surface area contributed by atoms with Gasteiger partial charge in [-0.05, 0) is 30.4 Å². The fourth-order valence-corrected chi connectivity index (χ4v) is 5.83. The molecule has 0 aliphatic carbocycles. The molecule has 25 heavy (non-hydrogen) atoms. The van der Waals surface area contributed by atoms with Gasteiger partial charge in [0.15, 0.2) is 16.4 Å². The Bertz CT molecular complexity index is 932. The van der Waals surface area contributed by atoms with Crippen LogP contribution in [0.25, 0.3) is 10.1 Å². The van der Waals surface area contributed by atoms with Gasteiger partial charge < -0.3 is 9.64 Å². The molecular weight excluding hydrogens is 362 g/mol. The minimum atomic E-state index is -3.07. The van der Waals surface area contributed by atoms with Gasteiger partial charge in [-0.25, -0.2) is 13.2 Å². The third kappa shape index (κ3) is 3.69. The van der Waals surface area contributed by atoms with E-state index in [1.54, 1.807) is 7.05 Å². The van der Waals surface area contributed by atoms with Crippen LogP contribution in [0.5, 0.6) is 0 Å². The average molecular weight is 381 g/mol. The molecule has 0 spiro atoms. The lowest BCUT2D eigenvalue weighted by Crippen LogP contribution is -2.40. The van der Waals surface area contributed by atoms with Gasteiger partial charge in [0.1, 0.15) is 4.88 Å². The molecule has 0 radical (unpaired) electrons. The molecule has 1 aliphatic rings. The van der Waals surface area contributed by atoms with Crippen LogP contribution in [0.3, 0.4) is 0 Å². The Morgan fingerprint density at radius 2 is 2.04 bits per heavy atom. The first kappa shape index (κ1) is 17.9. The largest absolute Gasteiger partial charge is 0.451 e. The van der Waals surface area contributed by atoms with E-state index < -0.39 is 21.7 Å². The molecule has 3 rings (SSSR count). The van der Waals surface area contributed by atoms with E-state index in [4.69, 9.17) is 4.74 Å². The van der Waals surface area contributed by atoms with Gasteiger partial charge in [0.25, 0.3) is 5.91 Å². The molecule has 0 N–H and O–H groups in total. The standard InChI is InChI=1S/C17H19NO5S2/c1-11-13-5-3-4-6-14(13)24-16(11)17(20)23-9-15(19)18(2)12-7-8-25(21,22)10-12/h3-6,12H,7-10H2,1-2H3/t12-/m1/s1. The van der Waals surface area contributed by atoms with Crippen molar-refractivity contribution < 1.29 is 22.7 Å². The number of aryl methyl sites for hydroxylation is 1. The highest BCUT2D eigenvalue weighted by molar-refractivity contribution is 7.91. The van der Waals surface area contributed by atoms with Gasteiger partial charge in [0.2, 0.25) is 0 Å². The highest BCUT2D eigenvalue weighted by Crippen LogP contribution is 2.31. The molecule has 0 unspecified atom stereocenters. The summed E-state index contributed by atoms with van der Waals surface area (Å²) in [5, 5.41) is 0.999. The normalized spacial score (nSPS) is 19.0. The molecule has 1 aromatic carbocycles. The fraction of sp³-hybridized carbons (Fsp3) is 0.412. The minimum absolute atomic E-state index is 0.0292. The smallest absolute Gasteiger partial charge is 0.349 e. The first-order valence-electron chi connectivity index (χ1n) is 7.90. The third-order valence-electron chi connectivity index (χ3n) is 4.51. The van der Waals surface area contributed by atoms with Gasteiger partial charge in [-0.2, -0.15) is 0 Å². The predicted octanol–water partition coefficient (Wildman–Crippen LogP) is 2.01. The zero-order chi connectivity index (χ0) is 18.2. The summed E-state index contributed by atoms with van der Waals surface area (Å²) in [6.07, 6.45) is 0.425. The number of rotatable bonds is 4. The topological polar surface area (TPSA) is 80.8 Å². The first-order valence-corrected chi connectivity index (χ1v) is 10.5. The van der Waals surface area contributed by atoms with Gasteiger partial charge >= 0.3 is 5.97 Å². The summed E-state index contributed by atoms with van der Waals surface area (Å²) in [6.45, 7) is 1.46. The molecule has 1 saturated heterocycles. The lowest BCUT2D eigenvalue weighted by Gasteiger charge is -2.23. The highest BCUT2D eigenvalue weighted by Gasteiger charge is 2.33. The Morgan fingerprint density at radius 3 is 2.68 bits per heavy atom. The maximum Gasteiger partial charge on any atom is 0.349 e. The zero-order valence-electron chi connectivity index (χ0n) is 14.0. The Kier molecular flexibility index (Phi) is 4.83. The van der Waals surface area contributed by atoms with E-state index in [1.807, 2.05) is 31.2 Å². The first-order chi connectivity index (χ1) is 11.8. The van der Waals surface area contributed by atoms with E-state index in [2.05, 4.69) is 0 Å². The van der Waals surface area contributed by atoms with Gasteiger partial charge in [-0.1, -0.05) is 18.2 Å². The van der Waals surface area contributed by atoms with Crippen molar-refractivity contribution in [2.75, 3.05) is 25.2 Å². The van der Waals surface area contributed by atoms with Crippen molar-refractivity contribution in [2.24, 2.45) is 0 Å². The number of hydrogen-bond donors (Lipinski definition) is 0. The molecule has 1 fully saturated rings. The second-order valence-electron chi connectivity index (χ2n) is 6.19. The zero-order valence-corrected chi connectivity index (χ0v) is 15.7. The van der Waals surface area contributed by atoms with Crippen molar-refractivity contribution in [3.8, 4) is 0 Å². The number of carbonyl (C=O) groups excluding carboxylic acids is 2. The molecule has 2 aromatic rings. The summed E-state index contributed by atoms with van der Waals surface area (Å²) in [7, 11) is -1.52. The van der Waals surface area contributed by atoms with Crippen LogP contribution >= 0.6 is 11.3 Å². The Hall–Kier alpha value is -1.93. The summed E-state index contributed by atoms with van der Waals surface area (Å²) < 4.78 is 29.2. The Labute approximate surface area is 150 Å². The monoisotopic (exact) mass is 381 g/mol. The molecule has 6 nitrogen and oxygen atoms in total. The summed E-state index contributed by atoms with van der Waals surface area (Å²) >= 11 is 1.34. The summed E-state index contributed by atoms with van der Waals surface area (Å²) in [6, 6.07) is 7.34. The van der Waals surface area contributed by atoms with Crippen molar-refractivity contribution in [2.45, 2.75) is 19.4 Å². The van der Waals surface area contributed by atoms with Crippen LogP contribution in [0, 0.1) is 6.92 Å². The van der Waals surface area contributed by atoms with Crippen LogP contribution in [-0.4, -0.2) is 56.4 Å². The van der Waals surface area contributed by atoms with Gasteiger partial charge in [-0.15, -0.1) is 11.3 Å². The Morgan fingerprint density at radius 1 is 1.32 bits per heavy atom. The van der Waals surface area contributed by atoms with Crippen LogP contribution in [-0.2, 0) is 19.4 Å². The highest BCUT2D eigenvalue weighted by atomic mass is 32.2. The number of benzene rings is 1. The van der Waals surface area contributed by atoms with Crippen molar-refractivity contribution in [3.05, 3.63) is 34.7 Å². The molecule has 134 valence electrons. The van der Waals surface area contributed by atoms with Crippen LogP contribution in [0.2, 0.25) is 0 Å². The van der Waals surface area contributed by atoms with E-state index >= 15 is 0 Å². The maximum absolute atomic E-state index is 12.3. The van der Waals surface area contributed by atoms with E-state index in [9.17, 15) is 18.0 Å². The van der Waals surface area contributed by atoms with E-state index in [0.29, 0.717) is 11.3 Å². The van der Waals surface area contributed by atoms with Gasteiger partial charge in [0.05, 0.1) is 11.5 Å².